The maximum absolute atomic E-state index is 12.6. The minimum absolute atomic E-state index is 0.296. The first-order chi connectivity index (χ1) is 9.38. The van der Waals surface area contributed by atoms with E-state index in [0.717, 1.165) is 11.6 Å². The number of carbonyl (C=O) groups excluding carboxylic acids is 1. The summed E-state index contributed by atoms with van der Waals surface area (Å²) in [6.07, 6.45) is -4.31. The number of carbonyl (C=O) groups is 1. The van der Waals surface area contributed by atoms with Crippen molar-refractivity contribution in [2.45, 2.75) is 12.6 Å². The number of alkyl halides is 3. The van der Waals surface area contributed by atoms with E-state index in [1.54, 1.807) is 12.1 Å². The molecule has 2 rings (SSSR count). The van der Waals surface area contributed by atoms with Gasteiger partial charge in [-0.1, -0.05) is 36.4 Å². The fraction of sp³-hybridized carbons (Fsp3) is 0.143. The Morgan fingerprint density at radius 1 is 1.10 bits per heavy atom. The number of rotatable bonds is 3. The Bertz CT molecular complexity index is 624. The molecule has 0 bridgehead atoms. The molecule has 1 heterocycles. The molecule has 0 aliphatic rings. The lowest BCUT2D eigenvalue weighted by Crippen LogP contribution is -2.19. The third-order valence-electron chi connectivity index (χ3n) is 2.74. The maximum Gasteiger partial charge on any atom is 0.433 e. The van der Waals surface area contributed by atoms with E-state index in [4.69, 9.17) is 5.73 Å². The molecular weight excluding hydrogens is 269 g/mol. The van der Waals surface area contributed by atoms with Crippen molar-refractivity contribution in [2.75, 3.05) is 0 Å². The summed E-state index contributed by atoms with van der Waals surface area (Å²) in [7, 11) is 0. The van der Waals surface area contributed by atoms with Gasteiger partial charge < -0.3 is 5.73 Å². The highest BCUT2D eigenvalue weighted by Crippen LogP contribution is 2.28. The zero-order valence-electron chi connectivity index (χ0n) is 10.3. The van der Waals surface area contributed by atoms with Crippen molar-refractivity contribution >= 4 is 5.91 Å². The van der Waals surface area contributed by atoms with Gasteiger partial charge in [-0.25, -0.2) is 4.98 Å². The Hall–Kier alpha value is -2.37. The molecular formula is C14H11F3N2O. The number of hydrogen-bond acceptors (Lipinski definition) is 2. The molecule has 104 valence electrons. The lowest BCUT2D eigenvalue weighted by Gasteiger charge is -2.10. The highest BCUT2D eigenvalue weighted by molar-refractivity contribution is 5.92. The van der Waals surface area contributed by atoms with Crippen LogP contribution in [0.4, 0.5) is 13.2 Å². The van der Waals surface area contributed by atoms with Crippen molar-refractivity contribution in [3.05, 3.63) is 65.0 Å². The largest absolute Gasteiger partial charge is 0.433 e. The van der Waals surface area contributed by atoms with Crippen LogP contribution in [0, 0.1) is 0 Å². The van der Waals surface area contributed by atoms with Crippen molar-refractivity contribution in [2.24, 2.45) is 5.73 Å². The SMILES string of the molecule is NC(=O)c1nc(C(F)(F)F)ccc1Cc1ccccc1. The second-order valence-corrected chi connectivity index (χ2v) is 4.23. The molecule has 0 fully saturated rings. The van der Waals surface area contributed by atoms with Gasteiger partial charge in [0, 0.05) is 0 Å². The van der Waals surface area contributed by atoms with Crippen molar-refractivity contribution in [3.63, 3.8) is 0 Å². The Morgan fingerprint density at radius 2 is 1.75 bits per heavy atom. The van der Waals surface area contributed by atoms with Crippen LogP contribution in [0.2, 0.25) is 0 Å². The van der Waals surface area contributed by atoms with Gasteiger partial charge in [0.25, 0.3) is 5.91 Å². The molecule has 3 nitrogen and oxygen atoms in total. The summed E-state index contributed by atoms with van der Waals surface area (Å²) in [5.41, 5.74) is 4.88. The average Bonchev–Trinajstić information content (AvgIpc) is 2.38. The number of aromatic nitrogens is 1. The monoisotopic (exact) mass is 280 g/mol. The molecule has 20 heavy (non-hydrogen) atoms. The summed E-state index contributed by atoms with van der Waals surface area (Å²) in [5, 5.41) is 0. The Balaban J connectivity index is 2.41. The summed E-state index contributed by atoms with van der Waals surface area (Å²) in [6.45, 7) is 0. The van der Waals surface area contributed by atoms with Crippen LogP contribution in [0.1, 0.15) is 27.3 Å². The highest BCUT2D eigenvalue weighted by atomic mass is 19.4. The van der Waals surface area contributed by atoms with Crippen LogP contribution in [0.5, 0.6) is 0 Å². The quantitative estimate of drug-likeness (QED) is 0.939. The molecule has 0 aliphatic heterocycles. The molecule has 1 amide bonds. The Labute approximate surface area is 113 Å². The van der Waals surface area contributed by atoms with E-state index in [1.165, 1.54) is 6.07 Å². The van der Waals surface area contributed by atoms with Gasteiger partial charge in [-0.2, -0.15) is 13.2 Å². The van der Waals surface area contributed by atoms with Gasteiger partial charge in [-0.3, -0.25) is 4.79 Å². The van der Waals surface area contributed by atoms with Crippen LogP contribution in [0.3, 0.4) is 0 Å². The topological polar surface area (TPSA) is 56.0 Å². The molecule has 2 aromatic rings. The molecule has 0 unspecified atom stereocenters. The van der Waals surface area contributed by atoms with E-state index >= 15 is 0 Å². The van der Waals surface area contributed by atoms with E-state index in [1.807, 2.05) is 18.2 Å². The number of benzene rings is 1. The molecule has 0 saturated heterocycles. The van der Waals surface area contributed by atoms with E-state index in [2.05, 4.69) is 4.98 Å². The van der Waals surface area contributed by atoms with Crippen LogP contribution < -0.4 is 5.73 Å². The number of primary amides is 1. The number of hydrogen-bond donors (Lipinski definition) is 1. The van der Waals surface area contributed by atoms with Gasteiger partial charge in [-0.15, -0.1) is 0 Å². The fourth-order valence-corrected chi connectivity index (χ4v) is 1.82. The van der Waals surface area contributed by atoms with Gasteiger partial charge in [0.2, 0.25) is 0 Å². The summed E-state index contributed by atoms with van der Waals surface area (Å²) in [5.74, 6) is -0.970. The van der Waals surface area contributed by atoms with E-state index in [9.17, 15) is 18.0 Å². The van der Waals surface area contributed by atoms with Crippen LogP contribution in [0.15, 0.2) is 42.5 Å². The van der Waals surface area contributed by atoms with Gasteiger partial charge in [0.05, 0.1) is 0 Å². The molecule has 6 heteroatoms. The van der Waals surface area contributed by atoms with E-state index in [-0.39, 0.29) is 5.69 Å². The molecule has 0 radical (unpaired) electrons. The van der Waals surface area contributed by atoms with Crippen molar-refractivity contribution < 1.29 is 18.0 Å². The minimum Gasteiger partial charge on any atom is -0.364 e. The zero-order chi connectivity index (χ0) is 14.8. The second-order valence-electron chi connectivity index (χ2n) is 4.23. The van der Waals surface area contributed by atoms with Crippen LogP contribution >= 0.6 is 0 Å². The first-order valence-corrected chi connectivity index (χ1v) is 5.79. The molecule has 0 saturated carbocycles. The summed E-state index contributed by atoms with van der Waals surface area (Å²) >= 11 is 0. The zero-order valence-corrected chi connectivity index (χ0v) is 10.3. The van der Waals surface area contributed by atoms with Crippen molar-refractivity contribution in [3.8, 4) is 0 Å². The lowest BCUT2D eigenvalue weighted by molar-refractivity contribution is -0.141. The smallest absolute Gasteiger partial charge is 0.364 e. The predicted octanol–water partition coefficient (Wildman–Crippen LogP) is 2.79. The van der Waals surface area contributed by atoms with Crippen LogP contribution in [-0.2, 0) is 12.6 Å². The third-order valence-corrected chi connectivity index (χ3v) is 2.74. The van der Waals surface area contributed by atoms with E-state index < -0.39 is 17.8 Å². The average molecular weight is 280 g/mol. The van der Waals surface area contributed by atoms with Gasteiger partial charge in [0.1, 0.15) is 11.4 Å². The molecule has 1 aromatic carbocycles. The Kier molecular flexibility index (Phi) is 3.74. The van der Waals surface area contributed by atoms with Crippen LogP contribution in [-0.4, -0.2) is 10.9 Å². The predicted molar refractivity (Wildman–Crippen MR) is 67.0 cm³/mol. The number of pyridine rings is 1. The standard InChI is InChI=1S/C14H11F3N2O/c15-14(16,17)11-7-6-10(12(19-11)13(18)20)8-9-4-2-1-3-5-9/h1-7H,8H2,(H2,18,20). The second kappa shape index (κ2) is 5.32. The van der Waals surface area contributed by atoms with Gasteiger partial charge in [-0.05, 0) is 23.6 Å². The summed E-state index contributed by atoms with van der Waals surface area (Å²) in [4.78, 5) is 14.6. The number of halogens is 3. The molecule has 2 N–H and O–H groups in total. The normalized spacial score (nSPS) is 11.3. The molecule has 1 aromatic heterocycles. The third kappa shape index (κ3) is 3.14. The minimum atomic E-state index is -4.60. The molecule has 0 spiro atoms. The number of nitrogens with zero attached hydrogens (tertiary/aromatic N) is 1. The first-order valence-electron chi connectivity index (χ1n) is 5.79. The Morgan fingerprint density at radius 3 is 2.30 bits per heavy atom. The fourth-order valence-electron chi connectivity index (χ4n) is 1.82. The number of amides is 1. The first kappa shape index (κ1) is 14.0. The molecule has 0 atom stereocenters. The maximum atomic E-state index is 12.6. The lowest BCUT2D eigenvalue weighted by atomic mass is 10.0. The van der Waals surface area contributed by atoms with Gasteiger partial charge >= 0.3 is 6.18 Å². The van der Waals surface area contributed by atoms with Gasteiger partial charge in [0.15, 0.2) is 0 Å². The highest BCUT2D eigenvalue weighted by Gasteiger charge is 2.33. The number of nitrogens with two attached hydrogens (primary N) is 1. The van der Waals surface area contributed by atoms with Crippen molar-refractivity contribution in [1.29, 1.82) is 0 Å². The van der Waals surface area contributed by atoms with Crippen molar-refractivity contribution in [1.82, 2.24) is 4.98 Å². The summed E-state index contributed by atoms with van der Waals surface area (Å²) in [6, 6.07) is 11.1. The van der Waals surface area contributed by atoms with Crippen LogP contribution in [0.25, 0.3) is 0 Å². The summed E-state index contributed by atoms with van der Waals surface area (Å²) < 4.78 is 37.7. The molecule has 0 aliphatic carbocycles. The van der Waals surface area contributed by atoms with E-state index in [0.29, 0.717) is 12.0 Å².